The SMILES string of the molecule is Nc1cc(-c2cc3n(c(=O)c2)C[C@H]2C[C@@H]3CN(C(=O)[C@H]3CCCN3)C2)ncn1. The molecule has 3 atom stereocenters. The molecule has 1 amide bonds. The average Bonchev–Trinajstić information content (AvgIpc) is 3.23. The molecule has 0 radical (unpaired) electrons. The molecule has 0 spiro atoms. The molecule has 3 aliphatic rings. The normalized spacial score (nSPS) is 26.1. The van der Waals surface area contributed by atoms with E-state index in [1.165, 1.54) is 6.33 Å². The summed E-state index contributed by atoms with van der Waals surface area (Å²) in [6.07, 6.45) is 4.39. The number of anilines is 1. The van der Waals surface area contributed by atoms with Crippen LogP contribution in [0.3, 0.4) is 0 Å². The number of hydrogen-bond donors (Lipinski definition) is 2. The highest BCUT2D eigenvalue weighted by Crippen LogP contribution is 2.36. The van der Waals surface area contributed by atoms with Crippen molar-refractivity contribution in [1.29, 1.82) is 0 Å². The Morgan fingerprint density at radius 1 is 1.18 bits per heavy atom. The Hall–Kier alpha value is -2.74. The minimum absolute atomic E-state index is 0.0170. The number of carbonyl (C=O) groups excluding carboxylic acids is 1. The van der Waals surface area contributed by atoms with E-state index in [2.05, 4.69) is 15.3 Å². The zero-order chi connectivity index (χ0) is 19.3. The minimum Gasteiger partial charge on any atom is -0.384 e. The lowest BCUT2D eigenvalue weighted by Gasteiger charge is -2.43. The van der Waals surface area contributed by atoms with E-state index in [4.69, 9.17) is 5.73 Å². The molecule has 146 valence electrons. The van der Waals surface area contributed by atoms with E-state index in [1.54, 1.807) is 12.1 Å². The number of nitrogens with zero attached hydrogens (tertiary/aromatic N) is 4. The molecule has 3 aliphatic heterocycles. The van der Waals surface area contributed by atoms with Gasteiger partial charge in [0.2, 0.25) is 5.91 Å². The Morgan fingerprint density at radius 3 is 2.86 bits per heavy atom. The first-order chi connectivity index (χ1) is 13.6. The third kappa shape index (κ3) is 2.97. The number of nitrogen functional groups attached to an aromatic ring is 1. The molecule has 5 rings (SSSR count). The molecule has 8 heteroatoms. The molecular formula is C20H24N6O2. The summed E-state index contributed by atoms with van der Waals surface area (Å²) in [6.45, 7) is 2.99. The van der Waals surface area contributed by atoms with Crippen molar-refractivity contribution in [2.75, 3.05) is 25.4 Å². The van der Waals surface area contributed by atoms with Crippen molar-refractivity contribution in [1.82, 2.24) is 24.8 Å². The summed E-state index contributed by atoms with van der Waals surface area (Å²) in [4.78, 5) is 35.9. The third-order valence-corrected chi connectivity index (χ3v) is 6.21. The van der Waals surface area contributed by atoms with Gasteiger partial charge in [-0.25, -0.2) is 9.97 Å². The van der Waals surface area contributed by atoms with Crippen LogP contribution in [0.25, 0.3) is 11.3 Å². The van der Waals surface area contributed by atoms with E-state index in [9.17, 15) is 9.59 Å². The first-order valence-corrected chi connectivity index (χ1v) is 9.93. The lowest BCUT2D eigenvalue weighted by molar-refractivity contribution is -0.135. The molecule has 2 aromatic rings. The summed E-state index contributed by atoms with van der Waals surface area (Å²) in [5, 5.41) is 3.31. The van der Waals surface area contributed by atoms with Crippen molar-refractivity contribution in [3.05, 3.63) is 40.6 Å². The number of piperidine rings is 1. The van der Waals surface area contributed by atoms with E-state index >= 15 is 0 Å². The van der Waals surface area contributed by atoms with Gasteiger partial charge in [0.25, 0.3) is 5.56 Å². The number of fused-ring (bicyclic) bond motifs is 4. The Kier molecular flexibility index (Phi) is 4.16. The number of aromatic nitrogens is 3. The number of carbonyl (C=O) groups is 1. The summed E-state index contributed by atoms with van der Waals surface area (Å²) in [6, 6.07) is 5.29. The van der Waals surface area contributed by atoms with Crippen molar-refractivity contribution in [2.45, 2.75) is 37.8 Å². The van der Waals surface area contributed by atoms with Gasteiger partial charge in [0.1, 0.15) is 12.1 Å². The second kappa shape index (κ2) is 6.70. The van der Waals surface area contributed by atoms with Crippen LogP contribution in [-0.2, 0) is 11.3 Å². The van der Waals surface area contributed by atoms with Gasteiger partial charge >= 0.3 is 0 Å². The van der Waals surface area contributed by atoms with Crippen molar-refractivity contribution < 1.29 is 4.79 Å². The first-order valence-electron chi connectivity index (χ1n) is 9.93. The largest absolute Gasteiger partial charge is 0.384 e. The Labute approximate surface area is 162 Å². The van der Waals surface area contributed by atoms with Crippen molar-refractivity contribution in [3.8, 4) is 11.3 Å². The Bertz CT molecular complexity index is 981. The Morgan fingerprint density at radius 2 is 2.07 bits per heavy atom. The molecule has 2 saturated heterocycles. The molecule has 0 aliphatic carbocycles. The van der Waals surface area contributed by atoms with E-state index in [1.807, 2.05) is 15.5 Å². The number of pyridine rings is 1. The summed E-state index contributed by atoms with van der Waals surface area (Å²) in [7, 11) is 0. The van der Waals surface area contributed by atoms with Crippen LogP contribution in [0.15, 0.2) is 29.3 Å². The lowest BCUT2D eigenvalue weighted by Crippen LogP contribution is -2.53. The van der Waals surface area contributed by atoms with Gasteiger partial charge in [-0.05, 0) is 37.8 Å². The third-order valence-electron chi connectivity index (χ3n) is 6.21. The summed E-state index contributed by atoms with van der Waals surface area (Å²) in [5.41, 5.74) is 8.16. The van der Waals surface area contributed by atoms with Crippen LogP contribution in [0.2, 0.25) is 0 Å². The van der Waals surface area contributed by atoms with E-state index in [0.717, 1.165) is 43.6 Å². The van der Waals surface area contributed by atoms with Gasteiger partial charge in [0.05, 0.1) is 11.7 Å². The lowest BCUT2D eigenvalue weighted by atomic mass is 9.82. The molecule has 28 heavy (non-hydrogen) atoms. The number of likely N-dealkylation sites (tertiary alicyclic amines) is 1. The van der Waals surface area contributed by atoms with Crippen molar-refractivity contribution in [2.24, 2.45) is 5.92 Å². The summed E-state index contributed by atoms with van der Waals surface area (Å²) in [5.74, 6) is 1.09. The highest BCUT2D eigenvalue weighted by molar-refractivity contribution is 5.82. The highest BCUT2D eigenvalue weighted by atomic mass is 16.2. The van der Waals surface area contributed by atoms with Crippen molar-refractivity contribution in [3.63, 3.8) is 0 Å². The predicted octanol–water partition coefficient (Wildman–Crippen LogP) is 0.585. The molecule has 3 N–H and O–H groups in total. The standard InChI is InChI=1S/C20H24N6O2/c21-18-7-16(23-11-24-18)13-5-17-14-4-12(9-26(17)19(27)6-13)8-25(10-14)20(28)15-2-1-3-22-15/h5-7,11-12,14-15,22H,1-4,8-10H2,(H2,21,23,24)/t12-,14+,15+/m0/s1. The summed E-state index contributed by atoms with van der Waals surface area (Å²) >= 11 is 0. The number of rotatable bonds is 2. The second-order valence-corrected chi connectivity index (χ2v) is 8.14. The highest BCUT2D eigenvalue weighted by Gasteiger charge is 2.38. The van der Waals surface area contributed by atoms with Gasteiger partial charge in [-0.15, -0.1) is 0 Å². The fourth-order valence-electron chi connectivity index (χ4n) is 4.93. The molecule has 0 saturated carbocycles. The van der Waals surface area contributed by atoms with Gasteiger partial charge in [0.15, 0.2) is 0 Å². The van der Waals surface area contributed by atoms with Crippen LogP contribution in [0, 0.1) is 5.92 Å². The molecule has 2 bridgehead atoms. The average molecular weight is 380 g/mol. The number of nitrogens with one attached hydrogen (secondary N) is 1. The molecule has 0 unspecified atom stereocenters. The van der Waals surface area contributed by atoms with Crippen LogP contribution in [0.5, 0.6) is 0 Å². The van der Waals surface area contributed by atoms with Crippen LogP contribution < -0.4 is 16.6 Å². The maximum atomic E-state index is 12.9. The number of hydrogen-bond acceptors (Lipinski definition) is 6. The molecular weight excluding hydrogens is 356 g/mol. The van der Waals surface area contributed by atoms with E-state index < -0.39 is 0 Å². The minimum atomic E-state index is -0.0450. The van der Waals surface area contributed by atoms with Crippen LogP contribution in [0.1, 0.15) is 30.9 Å². The van der Waals surface area contributed by atoms with Gasteiger partial charge in [0, 0.05) is 48.9 Å². The van der Waals surface area contributed by atoms with E-state index in [0.29, 0.717) is 30.5 Å². The van der Waals surface area contributed by atoms with Crippen LogP contribution in [-0.4, -0.2) is 51.0 Å². The van der Waals surface area contributed by atoms with Crippen LogP contribution >= 0.6 is 0 Å². The molecule has 5 heterocycles. The fraction of sp³-hybridized carbons (Fsp3) is 0.500. The second-order valence-electron chi connectivity index (χ2n) is 8.14. The Balaban J connectivity index is 1.48. The van der Waals surface area contributed by atoms with E-state index in [-0.39, 0.29) is 23.4 Å². The quantitative estimate of drug-likeness (QED) is 0.790. The zero-order valence-electron chi connectivity index (χ0n) is 15.7. The molecule has 2 aromatic heterocycles. The first kappa shape index (κ1) is 17.4. The number of nitrogens with two attached hydrogens (primary N) is 1. The topological polar surface area (TPSA) is 106 Å². The predicted molar refractivity (Wildman–Crippen MR) is 105 cm³/mol. The van der Waals surface area contributed by atoms with Gasteiger partial charge in [-0.2, -0.15) is 0 Å². The monoisotopic (exact) mass is 380 g/mol. The van der Waals surface area contributed by atoms with Gasteiger partial charge in [-0.1, -0.05) is 0 Å². The molecule has 8 nitrogen and oxygen atoms in total. The van der Waals surface area contributed by atoms with Gasteiger partial charge < -0.3 is 20.5 Å². The molecule has 0 aromatic carbocycles. The van der Waals surface area contributed by atoms with Gasteiger partial charge in [-0.3, -0.25) is 9.59 Å². The van der Waals surface area contributed by atoms with Crippen molar-refractivity contribution >= 4 is 11.7 Å². The smallest absolute Gasteiger partial charge is 0.251 e. The maximum absolute atomic E-state index is 12.9. The number of amides is 1. The zero-order valence-corrected chi connectivity index (χ0v) is 15.7. The maximum Gasteiger partial charge on any atom is 0.251 e. The van der Waals surface area contributed by atoms with Crippen LogP contribution in [0.4, 0.5) is 5.82 Å². The fourth-order valence-corrected chi connectivity index (χ4v) is 4.93. The molecule has 2 fully saturated rings. The summed E-state index contributed by atoms with van der Waals surface area (Å²) < 4.78 is 1.88.